The second kappa shape index (κ2) is 5.54. The van der Waals surface area contributed by atoms with Gasteiger partial charge in [0.05, 0.1) is 7.11 Å². The van der Waals surface area contributed by atoms with Crippen molar-refractivity contribution in [2.75, 3.05) is 7.11 Å². The molecule has 0 spiro atoms. The van der Waals surface area contributed by atoms with Gasteiger partial charge in [-0.1, -0.05) is 39.8 Å². The molecule has 0 aliphatic heterocycles. The summed E-state index contributed by atoms with van der Waals surface area (Å²) in [6.07, 6.45) is 1.87. The Bertz CT molecular complexity index is 366. The minimum Gasteiger partial charge on any atom is -0.496 e. The lowest BCUT2D eigenvalue weighted by atomic mass is 9.85. The SMILES string of the molecule is CCC(N)Cc1cc(C(C)(C)C)ccc1OC. The minimum atomic E-state index is 0.164. The summed E-state index contributed by atoms with van der Waals surface area (Å²) in [4.78, 5) is 0. The molecule has 1 rings (SSSR count). The Morgan fingerprint density at radius 1 is 1.29 bits per heavy atom. The Morgan fingerprint density at radius 2 is 1.94 bits per heavy atom. The molecule has 0 fully saturated rings. The molecule has 0 aliphatic rings. The molecule has 0 heterocycles. The quantitative estimate of drug-likeness (QED) is 0.869. The molecule has 1 atom stereocenters. The molecule has 0 aromatic heterocycles. The molecule has 96 valence electrons. The van der Waals surface area contributed by atoms with Gasteiger partial charge in [-0.15, -0.1) is 0 Å². The summed E-state index contributed by atoms with van der Waals surface area (Å²) >= 11 is 0. The van der Waals surface area contributed by atoms with Crippen molar-refractivity contribution < 1.29 is 4.74 Å². The average molecular weight is 235 g/mol. The third kappa shape index (κ3) is 3.74. The number of hydrogen-bond acceptors (Lipinski definition) is 2. The van der Waals surface area contributed by atoms with E-state index in [1.807, 2.05) is 0 Å². The number of rotatable bonds is 4. The Balaban J connectivity index is 3.07. The molecule has 17 heavy (non-hydrogen) atoms. The van der Waals surface area contributed by atoms with E-state index < -0.39 is 0 Å². The first-order chi connectivity index (χ1) is 7.88. The van der Waals surface area contributed by atoms with Crippen LogP contribution in [-0.2, 0) is 11.8 Å². The lowest BCUT2D eigenvalue weighted by Gasteiger charge is -2.22. The van der Waals surface area contributed by atoms with E-state index in [1.165, 1.54) is 11.1 Å². The van der Waals surface area contributed by atoms with E-state index in [4.69, 9.17) is 10.5 Å². The normalized spacial score (nSPS) is 13.5. The van der Waals surface area contributed by atoms with Crippen LogP contribution in [0.5, 0.6) is 5.75 Å². The van der Waals surface area contributed by atoms with Crippen LogP contribution in [0.4, 0.5) is 0 Å². The van der Waals surface area contributed by atoms with E-state index in [-0.39, 0.29) is 11.5 Å². The van der Waals surface area contributed by atoms with Crippen LogP contribution in [0, 0.1) is 0 Å². The van der Waals surface area contributed by atoms with Crippen molar-refractivity contribution in [1.82, 2.24) is 0 Å². The topological polar surface area (TPSA) is 35.2 Å². The Kier molecular flexibility index (Phi) is 4.58. The molecule has 0 amide bonds. The van der Waals surface area contributed by atoms with Crippen LogP contribution in [0.3, 0.4) is 0 Å². The number of hydrogen-bond donors (Lipinski definition) is 1. The summed E-state index contributed by atoms with van der Waals surface area (Å²) in [6.45, 7) is 8.78. The van der Waals surface area contributed by atoms with Crippen molar-refractivity contribution in [3.63, 3.8) is 0 Å². The van der Waals surface area contributed by atoms with Crippen molar-refractivity contribution in [3.05, 3.63) is 29.3 Å². The fraction of sp³-hybridized carbons (Fsp3) is 0.600. The van der Waals surface area contributed by atoms with Crippen LogP contribution in [0.25, 0.3) is 0 Å². The van der Waals surface area contributed by atoms with Crippen LogP contribution < -0.4 is 10.5 Å². The third-order valence-corrected chi connectivity index (χ3v) is 3.15. The lowest BCUT2D eigenvalue weighted by molar-refractivity contribution is 0.406. The number of methoxy groups -OCH3 is 1. The van der Waals surface area contributed by atoms with Gasteiger partial charge in [0.1, 0.15) is 5.75 Å². The summed E-state index contributed by atoms with van der Waals surface area (Å²) in [5.41, 5.74) is 8.74. The molecule has 0 saturated carbocycles. The molecular weight excluding hydrogens is 210 g/mol. The van der Waals surface area contributed by atoms with Gasteiger partial charge in [0.25, 0.3) is 0 Å². The fourth-order valence-electron chi connectivity index (χ4n) is 1.83. The van der Waals surface area contributed by atoms with E-state index in [2.05, 4.69) is 45.9 Å². The van der Waals surface area contributed by atoms with Crippen LogP contribution in [0.1, 0.15) is 45.2 Å². The van der Waals surface area contributed by atoms with Crippen molar-refractivity contribution in [2.45, 2.75) is 52.0 Å². The van der Waals surface area contributed by atoms with Gasteiger partial charge in [-0.3, -0.25) is 0 Å². The van der Waals surface area contributed by atoms with Gasteiger partial charge in [0.2, 0.25) is 0 Å². The average Bonchev–Trinajstić information content (AvgIpc) is 2.27. The van der Waals surface area contributed by atoms with Crippen LogP contribution in [0.15, 0.2) is 18.2 Å². The maximum absolute atomic E-state index is 6.03. The van der Waals surface area contributed by atoms with Gasteiger partial charge in [0, 0.05) is 6.04 Å². The highest BCUT2D eigenvalue weighted by atomic mass is 16.5. The molecule has 2 heteroatoms. The zero-order chi connectivity index (χ0) is 13.1. The van der Waals surface area contributed by atoms with E-state index in [9.17, 15) is 0 Å². The maximum atomic E-state index is 6.03. The molecule has 0 radical (unpaired) electrons. The van der Waals surface area contributed by atoms with Gasteiger partial charge in [-0.25, -0.2) is 0 Å². The summed E-state index contributed by atoms with van der Waals surface area (Å²) in [5.74, 6) is 0.946. The molecule has 1 aromatic carbocycles. The molecule has 0 aliphatic carbocycles. The van der Waals surface area contributed by atoms with Crippen molar-refractivity contribution >= 4 is 0 Å². The summed E-state index contributed by atoms with van der Waals surface area (Å²) in [5, 5.41) is 0. The number of benzene rings is 1. The second-order valence-corrected chi connectivity index (χ2v) is 5.65. The summed E-state index contributed by atoms with van der Waals surface area (Å²) < 4.78 is 5.40. The highest BCUT2D eigenvalue weighted by Crippen LogP contribution is 2.28. The van der Waals surface area contributed by atoms with E-state index in [0.29, 0.717) is 0 Å². The Labute approximate surface area is 105 Å². The zero-order valence-electron chi connectivity index (χ0n) is 11.7. The van der Waals surface area contributed by atoms with Gasteiger partial charge < -0.3 is 10.5 Å². The molecular formula is C15H25NO. The first kappa shape index (κ1) is 14.0. The van der Waals surface area contributed by atoms with Gasteiger partial charge in [-0.2, -0.15) is 0 Å². The summed E-state index contributed by atoms with van der Waals surface area (Å²) in [6, 6.07) is 6.63. The largest absolute Gasteiger partial charge is 0.496 e. The van der Waals surface area contributed by atoms with Crippen LogP contribution in [0.2, 0.25) is 0 Å². The van der Waals surface area contributed by atoms with Gasteiger partial charge in [-0.05, 0) is 35.4 Å². The zero-order valence-corrected chi connectivity index (χ0v) is 11.7. The van der Waals surface area contributed by atoms with Crippen molar-refractivity contribution in [2.24, 2.45) is 5.73 Å². The van der Waals surface area contributed by atoms with Crippen molar-refractivity contribution in [1.29, 1.82) is 0 Å². The molecule has 0 saturated heterocycles. The predicted molar refractivity (Wildman–Crippen MR) is 73.7 cm³/mol. The fourth-order valence-corrected chi connectivity index (χ4v) is 1.83. The Hall–Kier alpha value is -1.02. The minimum absolute atomic E-state index is 0.164. The third-order valence-electron chi connectivity index (χ3n) is 3.15. The van der Waals surface area contributed by atoms with Gasteiger partial charge in [0.15, 0.2) is 0 Å². The standard InChI is InChI=1S/C15H25NO/c1-6-13(16)10-11-9-12(15(2,3)4)7-8-14(11)17-5/h7-9,13H,6,10,16H2,1-5H3. The Morgan fingerprint density at radius 3 is 2.41 bits per heavy atom. The number of nitrogens with two attached hydrogens (primary N) is 1. The molecule has 2 nitrogen and oxygen atoms in total. The monoisotopic (exact) mass is 235 g/mol. The van der Waals surface area contributed by atoms with E-state index >= 15 is 0 Å². The maximum Gasteiger partial charge on any atom is 0.122 e. The smallest absolute Gasteiger partial charge is 0.122 e. The highest BCUT2D eigenvalue weighted by Gasteiger charge is 2.16. The van der Waals surface area contributed by atoms with E-state index in [0.717, 1.165) is 18.6 Å². The second-order valence-electron chi connectivity index (χ2n) is 5.65. The van der Waals surface area contributed by atoms with Crippen molar-refractivity contribution in [3.8, 4) is 5.75 Å². The predicted octanol–water partition coefficient (Wildman–Crippen LogP) is 3.27. The highest BCUT2D eigenvalue weighted by molar-refractivity contribution is 5.40. The van der Waals surface area contributed by atoms with Gasteiger partial charge >= 0.3 is 0 Å². The lowest BCUT2D eigenvalue weighted by Crippen LogP contribution is -2.22. The number of ether oxygens (including phenoxy) is 1. The van der Waals surface area contributed by atoms with E-state index in [1.54, 1.807) is 7.11 Å². The molecule has 2 N–H and O–H groups in total. The first-order valence-electron chi connectivity index (χ1n) is 6.31. The van der Waals surface area contributed by atoms with Crippen LogP contribution in [-0.4, -0.2) is 13.2 Å². The van der Waals surface area contributed by atoms with Crippen LogP contribution >= 0.6 is 0 Å². The molecule has 1 unspecified atom stereocenters. The molecule has 1 aromatic rings. The molecule has 0 bridgehead atoms. The summed E-state index contributed by atoms with van der Waals surface area (Å²) in [7, 11) is 1.72. The first-order valence-corrected chi connectivity index (χ1v) is 6.31.